The summed E-state index contributed by atoms with van der Waals surface area (Å²) >= 11 is 1.49. The predicted molar refractivity (Wildman–Crippen MR) is 180 cm³/mol. The van der Waals surface area contributed by atoms with Gasteiger partial charge >= 0.3 is 6.61 Å². The Morgan fingerprint density at radius 3 is 2.73 bits per heavy atom. The zero-order chi connectivity index (χ0) is 34.5. The van der Waals surface area contributed by atoms with Crippen molar-refractivity contribution in [1.29, 1.82) is 0 Å². The fourth-order valence-electron chi connectivity index (χ4n) is 6.86. The van der Waals surface area contributed by atoms with Crippen LogP contribution < -0.4 is 5.32 Å². The van der Waals surface area contributed by atoms with E-state index >= 15 is 0 Å². The summed E-state index contributed by atoms with van der Waals surface area (Å²) in [6.07, 6.45) is 14.4. The number of alkyl halides is 2. The number of aromatic nitrogens is 5. The molecule has 2 unspecified atom stereocenters. The molecular weight excluding hydrogens is 656 g/mol. The molecule has 13 nitrogen and oxygen atoms in total. The number of allylic oxidation sites excluding steroid dienone is 4. The molecule has 3 aliphatic rings. The number of amides is 2. The Hall–Kier alpha value is -4.15. The van der Waals surface area contributed by atoms with E-state index in [0.717, 1.165) is 50.2 Å². The van der Waals surface area contributed by atoms with Crippen LogP contribution in [0.3, 0.4) is 0 Å². The fraction of sp³-hybridized carbons (Fsp3) is 0.515. The van der Waals surface area contributed by atoms with Crippen LogP contribution in [0, 0.1) is 5.92 Å². The van der Waals surface area contributed by atoms with E-state index in [0.29, 0.717) is 49.4 Å². The number of nitrogens with one attached hydrogen (secondary N) is 1. The first-order chi connectivity index (χ1) is 23.7. The molecule has 3 aromatic rings. The van der Waals surface area contributed by atoms with Crippen molar-refractivity contribution in [2.75, 3.05) is 57.4 Å². The highest BCUT2D eigenvalue weighted by Crippen LogP contribution is 2.41. The topological polar surface area (TPSA) is 130 Å². The Morgan fingerprint density at radius 2 is 2.00 bits per heavy atom. The molecule has 2 atom stereocenters. The van der Waals surface area contributed by atoms with Crippen LogP contribution in [0.5, 0.6) is 0 Å². The first-order valence-electron chi connectivity index (χ1n) is 16.5. The summed E-state index contributed by atoms with van der Waals surface area (Å²) in [6, 6.07) is 2.06. The number of hydrogen-bond acceptors (Lipinski definition) is 10. The molecule has 49 heavy (non-hydrogen) atoms. The zero-order valence-electron chi connectivity index (χ0n) is 27.6. The predicted octanol–water partition coefficient (Wildman–Crippen LogP) is 3.48. The Labute approximate surface area is 287 Å². The number of likely N-dealkylation sites (tertiary alicyclic amines) is 1. The van der Waals surface area contributed by atoms with Gasteiger partial charge in [-0.15, -0.1) is 11.8 Å². The van der Waals surface area contributed by atoms with Crippen molar-refractivity contribution in [2.24, 2.45) is 5.92 Å². The lowest BCUT2D eigenvalue weighted by molar-refractivity contribution is -0.133. The molecular formula is C33H41F2N9O4S. The molecule has 0 spiro atoms. The molecule has 0 saturated carbocycles. The van der Waals surface area contributed by atoms with E-state index in [1.165, 1.54) is 33.2 Å². The lowest BCUT2D eigenvalue weighted by atomic mass is 9.94. The summed E-state index contributed by atoms with van der Waals surface area (Å²) in [5, 5.41) is 11.8. The van der Waals surface area contributed by atoms with Crippen molar-refractivity contribution >= 4 is 41.2 Å². The number of piperazine rings is 1. The number of ether oxygens (including phenoxy) is 1. The minimum absolute atomic E-state index is 0.0269. The molecule has 3 aromatic heterocycles. The number of halogens is 2. The quantitative estimate of drug-likeness (QED) is 0.281. The van der Waals surface area contributed by atoms with E-state index < -0.39 is 18.4 Å². The van der Waals surface area contributed by atoms with Crippen molar-refractivity contribution in [3.05, 3.63) is 64.9 Å². The maximum absolute atomic E-state index is 13.5. The lowest BCUT2D eigenvalue weighted by Gasteiger charge is -2.42. The number of nitrogens with zero attached hydrogens (tertiary/aromatic N) is 8. The fourth-order valence-corrected chi connectivity index (χ4v) is 7.40. The number of fused-ring (bicyclic) bond motifs is 1. The van der Waals surface area contributed by atoms with Gasteiger partial charge in [-0.1, -0.05) is 0 Å². The van der Waals surface area contributed by atoms with Gasteiger partial charge in [0.05, 0.1) is 30.0 Å². The van der Waals surface area contributed by atoms with E-state index in [1.807, 2.05) is 11.2 Å². The second-order valence-corrected chi connectivity index (χ2v) is 13.6. The second kappa shape index (κ2) is 15.6. The van der Waals surface area contributed by atoms with Gasteiger partial charge < -0.3 is 19.7 Å². The zero-order valence-corrected chi connectivity index (χ0v) is 28.4. The highest BCUT2D eigenvalue weighted by molar-refractivity contribution is 8.02. The van der Waals surface area contributed by atoms with Crippen LogP contribution in [-0.4, -0.2) is 122 Å². The van der Waals surface area contributed by atoms with Crippen LogP contribution in [0.2, 0.25) is 0 Å². The van der Waals surface area contributed by atoms with Crippen molar-refractivity contribution in [3.63, 3.8) is 0 Å². The Balaban J connectivity index is 1.16. The largest absolute Gasteiger partial charge is 0.439 e. The number of carbonyl (C=O) groups excluding carboxylic acids is 3. The summed E-state index contributed by atoms with van der Waals surface area (Å²) in [5.74, 6) is -0.825. The van der Waals surface area contributed by atoms with Gasteiger partial charge in [-0.2, -0.15) is 19.0 Å². The molecule has 0 radical (unpaired) electrons. The van der Waals surface area contributed by atoms with Gasteiger partial charge in [0.15, 0.2) is 5.65 Å². The monoisotopic (exact) mass is 697 g/mol. The molecule has 2 saturated heterocycles. The van der Waals surface area contributed by atoms with Crippen molar-refractivity contribution < 1.29 is 27.9 Å². The third-order valence-electron chi connectivity index (χ3n) is 9.50. The Kier molecular flexibility index (Phi) is 11.0. The number of carbonyl (C=O) groups is 3. The normalized spacial score (nSPS) is 21.1. The minimum atomic E-state index is -3.04. The maximum atomic E-state index is 13.5. The van der Waals surface area contributed by atoms with Crippen molar-refractivity contribution in [2.45, 2.75) is 51.3 Å². The highest BCUT2D eigenvalue weighted by Gasteiger charge is 2.32. The SMILES string of the molecule is CSC1=CC=C(OC(F)F)C(c2nn(CC(=O)N3CCC(CN4CCN(CC=O)CC4C)CC3)cc2NC(=O)c2cnn3cccnc23)C1. The first-order valence-corrected chi connectivity index (χ1v) is 17.7. The van der Waals surface area contributed by atoms with Gasteiger partial charge in [-0.3, -0.25) is 24.1 Å². The highest BCUT2D eigenvalue weighted by atomic mass is 32.2. The van der Waals surface area contributed by atoms with Crippen LogP contribution in [0.25, 0.3) is 5.65 Å². The van der Waals surface area contributed by atoms with Gasteiger partial charge in [-0.05, 0) is 61.5 Å². The Bertz CT molecular complexity index is 1720. The average Bonchev–Trinajstić information content (AvgIpc) is 3.70. The third kappa shape index (κ3) is 8.19. The number of rotatable bonds is 12. The van der Waals surface area contributed by atoms with Gasteiger partial charge in [0.1, 0.15) is 24.2 Å². The van der Waals surface area contributed by atoms with E-state index in [2.05, 4.69) is 32.1 Å². The summed E-state index contributed by atoms with van der Waals surface area (Å²) in [7, 11) is 0. The van der Waals surface area contributed by atoms with Crippen LogP contribution in [0.1, 0.15) is 48.2 Å². The molecule has 6 rings (SSSR count). The van der Waals surface area contributed by atoms with E-state index in [4.69, 9.17) is 9.84 Å². The maximum Gasteiger partial charge on any atom is 0.387 e. The molecule has 0 aromatic carbocycles. The van der Waals surface area contributed by atoms with Crippen LogP contribution in [0.15, 0.2) is 53.7 Å². The third-order valence-corrected chi connectivity index (χ3v) is 10.3. The molecule has 262 valence electrons. The molecule has 16 heteroatoms. The average molecular weight is 698 g/mol. The van der Waals surface area contributed by atoms with E-state index in [-0.39, 0.29) is 29.5 Å². The van der Waals surface area contributed by atoms with Gasteiger partial charge in [0, 0.05) is 63.9 Å². The van der Waals surface area contributed by atoms with Crippen LogP contribution >= 0.6 is 11.8 Å². The number of anilines is 1. The van der Waals surface area contributed by atoms with E-state index in [1.54, 1.807) is 30.7 Å². The van der Waals surface area contributed by atoms with Crippen molar-refractivity contribution in [3.8, 4) is 0 Å². The lowest BCUT2D eigenvalue weighted by Crippen LogP contribution is -2.54. The number of hydrogen-bond donors (Lipinski definition) is 1. The molecule has 2 aliphatic heterocycles. The second-order valence-electron chi connectivity index (χ2n) is 12.7. The first kappa shape index (κ1) is 34.7. The molecule has 2 fully saturated rings. The van der Waals surface area contributed by atoms with Crippen LogP contribution in [-0.2, 0) is 20.9 Å². The summed E-state index contributed by atoms with van der Waals surface area (Å²) in [4.78, 5) is 49.7. The van der Waals surface area contributed by atoms with Gasteiger partial charge in [0.2, 0.25) is 5.91 Å². The Morgan fingerprint density at radius 1 is 1.18 bits per heavy atom. The summed E-state index contributed by atoms with van der Waals surface area (Å²) < 4.78 is 34.8. The standard InChI is InChI=1S/C33H41F2N9O4S/c1-22-18-40(14-15-45)12-13-42(22)19-23-6-10-41(11-7-23)29(46)21-43-20-27(38-32(47)26-17-37-44-9-3-8-36-31(26)44)30(39-43)25-16-24(49-2)4-5-28(25)48-33(34)35/h3-5,8-9,15,17,20,22-23,25,33H,6-7,10-14,16,18-19,21H2,1-2H3,(H,38,47). The molecule has 2 amide bonds. The summed E-state index contributed by atoms with van der Waals surface area (Å²) in [5.41, 5.74) is 1.18. The van der Waals surface area contributed by atoms with E-state index in [9.17, 15) is 23.2 Å². The number of thioether (sulfide) groups is 1. The summed E-state index contributed by atoms with van der Waals surface area (Å²) in [6.45, 7) is 4.47. The number of piperidine rings is 1. The minimum Gasteiger partial charge on any atom is -0.439 e. The molecule has 0 bridgehead atoms. The molecule has 5 heterocycles. The van der Waals surface area contributed by atoms with Gasteiger partial charge in [0.25, 0.3) is 5.91 Å². The van der Waals surface area contributed by atoms with Crippen LogP contribution in [0.4, 0.5) is 14.5 Å². The molecule has 1 N–H and O–H groups in total. The number of aldehydes is 1. The molecule has 1 aliphatic carbocycles. The van der Waals surface area contributed by atoms with Gasteiger partial charge in [-0.25, -0.2) is 9.50 Å². The van der Waals surface area contributed by atoms with Crippen molar-refractivity contribution in [1.82, 2.24) is 39.1 Å². The smallest absolute Gasteiger partial charge is 0.387 e.